The van der Waals surface area contributed by atoms with Crippen molar-refractivity contribution >= 4 is 0 Å². The molecule has 0 saturated carbocycles. The van der Waals surface area contributed by atoms with Gasteiger partial charge in [0, 0.05) is 13.2 Å². The highest BCUT2D eigenvalue weighted by Gasteiger charge is 2.07. The van der Waals surface area contributed by atoms with Gasteiger partial charge in [-0.3, -0.25) is 0 Å². The molecular weight excluding hydrogens is 164 g/mol. The number of hydrogen-bond acceptors (Lipinski definition) is 1. The number of rotatable bonds is 5. The molecule has 0 aliphatic heterocycles. The summed E-state index contributed by atoms with van der Waals surface area (Å²) < 4.78 is 2.11. The molecule has 74 valence electrons. The molecule has 0 bridgehead atoms. The number of nitrogens with zero attached hydrogens (tertiary/aromatic N) is 1. The molecule has 3 heteroatoms. The smallest absolute Gasteiger partial charge is 0.117 e. The van der Waals surface area contributed by atoms with Crippen LogP contribution < -0.4 is 5.32 Å². The summed E-state index contributed by atoms with van der Waals surface area (Å²) in [6.07, 6.45) is 3.06. The van der Waals surface area contributed by atoms with E-state index in [9.17, 15) is 0 Å². The van der Waals surface area contributed by atoms with Crippen molar-refractivity contribution in [2.24, 2.45) is 7.05 Å². The maximum atomic E-state index is 8.99. The quantitative estimate of drug-likeness (QED) is 0.655. The lowest BCUT2D eigenvalue weighted by Crippen LogP contribution is -2.89. The van der Waals surface area contributed by atoms with Gasteiger partial charge in [-0.15, -0.1) is 0 Å². The Morgan fingerprint density at radius 2 is 2.38 bits per heavy atom. The van der Waals surface area contributed by atoms with Crippen LogP contribution in [-0.4, -0.2) is 22.3 Å². The van der Waals surface area contributed by atoms with Crippen molar-refractivity contribution in [2.75, 3.05) is 6.61 Å². The first-order chi connectivity index (χ1) is 6.27. The maximum absolute atomic E-state index is 8.99. The van der Waals surface area contributed by atoms with Crippen LogP contribution in [0.5, 0.6) is 0 Å². The molecule has 0 aliphatic rings. The van der Waals surface area contributed by atoms with Gasteiger partial charge in [-0.25, -0.2) is 0 Å². The van der Waals surface area contributed by atoms with Crippen LogP contribution in [0.3, 0.4) is 0 Å². The molecule has 1 aromatic heterocycles. The summed E-state index contributed by atoms with van der Waals surface area (Å²) in [5.41, 5.74) is 1.30. The minimum Gasteiger partial charge on any atom is -0.390 e. The van der Waals surface area contributed by atoms with Crippen LogP contribution in [0, 0.1) is 0 Å². The van der Waals surface area contributed by atoms with Crippen molar-refractivity contribution in [2.45, 2.75) is 25.9 Å². The van der Waals surface area contributed by atoms with E-state index in [4.69, 9.17) is 5.11 Å². The van der Waals surface area contributed by atoms with Crippen LogP contribution >= 0.6 is 0 Å². The van der Waals surface area contributed by atoms with E-state index in [1.54, 1.807) is 0 Å². The minimum absolute atomic E-state index is 0.265. The normalized spacial score (nSPS) is 13.2. The number of aromatic nitrogens is 1. The molecule has 1 rings (SSSR count). The largest absolute Gasteiger partial charge is 0.390 e. The van der Waals surface area contributed by atoms with Crippen LogP contribution in [-0.2, 0) is 13.6 Å². The summed E-state index contributed by atoms with van der Waals surface area (Å²) in [6.45, 7) is 3.31. The lowest BCUT2D eigenvalue weighted by molar-refractivity contribution is -0.706. The van der Waals surface area contributed by atoms with E-state index in [1.165, 1.54) is 5.69 Å². The Morgan fingerprint density at radius 1 is 1.62 bits per heavy atom. The Kier molecular flexibility index (Phi) is 3.99. The van der Waals surface area contributed by atoms with E-state index in [2.05, 4.69) is 22.9 Å². The predicted octanol–water partition coefficient (Wildman–Crippen LogP) is -0.141. The highest BCUT2D eigenvalue weighted by Crippen LogP contribution is 1.96. The Labute approximate surface area is 79.4 Å². The summed E-state index contributed by atoms with van der Waals surface area (Å²) in [7, 11) is 2.04. The van der Waals surface area contributed by atoms with E-state index >= 15 is 0 Å². The van der Waals surface area contributed by atoms with Crippen LogP contribution in [0.25, 0.3) is 0 Å². The first-order valence-corrected chi connectivity index (χ1v) is 4.82. The highest BCUT2D eigenvalue weighted by atomic mass is 16.3. The Balaban J connectivity index is 2.38. The first-order valence-electron chi connectivity index (χ1n) is 4.82. The van der Waals surface area contributed by atoms with Gasteiger partial charge in [-0.2, -0.15) is 0 Å². The van der Waals surface area contributed by atoms with Gasteiger partial charge in [-0.1, -0.05) is 6.92 Å². The second-order valence-corrected chi connectivity index (χ2v) is 3.40. The van der Waals surface area contributed by atoms with Crippen molar-refractivity contribution in [3.8, 4) is 0 Å². The number of aliphatic hydroxyl groups excluding tert-OH is 1. The van der Waals surface area contributed by atoms with E-state index in [1.807, 2.05) is 19.3 Å². The topological polar surface area (TPSA) is 41.8 Å². The monoisotopic (exact) mass is 183 g/mol. The lowest BCUT2D eigenvalue weighted by Gasteiger charge is -2.10. The van der Waals surface area contributed by atoms with Gasteiger partial charge < -0.3 is 15.0 Å². The number of quaternary nitrogens is 1. The van der Waals surface area contributed by atoms with Crippen LogP contribution in [0.4, 0.5) is 0 Å². The van der Waals surface area contributed by atoms with Crippen molar-refractivity contribution in [3.05, 3.63) is 24.0 Å². The molecule has 0 radical (unpaired) electrons. The van der Waals surface area contributed by atoms with Gasteiger partial charge >= 0.3 is 0 Å². The van der Waals surface area contributed by atoms with E-state index in [0.717, 1.165) is 13.0 Å². The molecule has 0 spiro atoms. The van der Waals surface area contributed by atoms with Gasteiger partial charge in [0.25, 0.3) is 0 Å². The Bertz CT molecular complexity index is 241. The molecule has 0 aromatic carbocycles. The third kappa shape index (κ3) is 2.86. The van der Waals surface area contributed by atoms with Crippen LogP contribution in [0.2, 0.25) is 0 Å². The SMILES string of the molecule is CC[C@@H](CO)[NH2+]Cc1cccn1C. The molecule has 0 aliphatic carbocycles. The summed E-state index contributed by atoms with van der Waals surface area (Å²) >= 11 is 0. The second-order valence-electron chi connectivity index (χ2n) is 3.40. The molecular formula is C10H19N2O+. The zero-order valence-electron chi connectivity index (χ0n) is 8.40. The van der Waals surface area contributed by atoms with Crippen LogP contribution in [0.15, 0.2) is 18.3 Å². The number of nitrogens with two attached hydrogens (primary N) is 1. The van der Waals surface area contributed by atoms with Gasteiger partial charge in [-0.05, 0) is 18.6 Å². The van der Waals surface area contributed by atoms with Gasteiger partial charge in [0.15, 0.2) is 0 Å². The van der Waals surface area contributed by atoms with E-state index in [0.29, 0.717) is 6.04 Å². The molecule has 3 nitrogen and oxygen atoms in total. The zero-order valence-corrected chi connectivity index (χ0v) is 8.40. The summed E-state index contributed by atoms with van der Waals surface area (Å²) in [6, 6.07) is 4.50. The van der Waals surface area contributed by atoms with Crippen molar-refractivity contribution < 1.29 is 10.4 Å². The van der Waals surface area contributed by atoms with Gasteiger partial charge in [0.2, 0.25) is 0 Å². The molecule has 1 heterocycles. The fourth-order valence-electron chi connectivity index (χ4n) is 1.37. The number of aliphatic hydroxyl groups is 1. The van der Waals surface area contributed by atoms with Crippen molar-refractivity contribution in [1.29, 1.82) is 0 Å². The molecule has 0 unspecified atom stereocenters. The molecule has 0 amide bonds. The number of hydrogen-bond donors (Lipinski definition) is 2. The molecule has 3 N–H and O–H groups in total. The molecule has 1 aromatic rings. The third-order valence-corrected chi connectivity index (χ3v) is 2.47. The first kappa shape index (κ1) is 10.3. The average Bonchev–Trinajstić information content (AvgIpc) is 2.54. The number of aryl methyl sites for hydroxylation is 1. The summed E-state index contributed by atoms with van der Waals surface area (Å²) in [5, 5.41) is 11.2. The minimum atomic E-state index is 0.265. The van der Waals surface area contributed by atoms with Gasteiger partial charge in [0.05, 0.1) is 12.3 Å². The average molecular weight is 183 g/mol. The summed E-state index contributed by atoms with van der Waals surface area (Å²) in [4.78, 5) is 0. The predicted molar refractivity (Wildman–Crippen MR) is 52.2 cm³/mol. The second kappa shape index (κ2) is 5.04. The van der Waals surface area contributed by atoms with Crippen molar-refractivity contribution in [1.82, 2.24) is 4.57 Å². The third-order valence-electron chi connectivity index (χ3n) is 2.47. The molecule has 1 atom stereocenters. The molecule has 0 fully saturated rings. The zero-order chi connectivity index (χ0) is 9.68. The Morgan fingerprint density at radius 3 is 2.85 bits per heavy atom. The fourth-order valence-corrected chi connectivity index (χ4v) is 1.37. The summed E-state index contributed by atoms with van der Waals surface area (Å²) in [5.74, 6) is 0. The van der Waals surface area contributed by atoms with Gasteiger partial charge in [0.1, 0.15) is 12.6 Å². The maximum Gasteiger partial charge on any atom is 0.117 e. The Hall–Kier alpha value is -0.800. The van der Waals surface area contributed by atoms with E-state index in [-0.39, 0.29) is 6.61 Å². The standard InChI is InChI=1S/C10H18N2O/c1-3-9(8-13)11-7-10-5-4-6-12(10)2/h4-6,9,11,13H,3,7-8H2,1-2H3/p+1/t9-/m0/s1. The molecule has 0 saturated heterocycles. The van der Waals surface area contributed by atoms with Crippen LogP contribution in [0.1, 0.15) is 19.0 Å². The lowest BCUT2D eigenvalue weighted by atomic mass is 10.2. The fraction of sp³-hybridized carbons (Fsp3) is 0.600. The van der Waals surface area contributed by atoms with E-state index < -0.39 is 0 Å². The molecule has 13 heavy (non-hydrogen) atoms. The van der Waals surface area contributed by atoms with Crippen molar-refractivity contribution in [3.63, 3.8) is 0 Å². The highest BCUT2D eigenvalue weighted by molar-refractivity contribution is 5.04.